The van der Waals surface area contributed by atoms with Crippen LogP contribution in [0.3, 0.4) is 0 Å². The van der Waals surface area contributed by atoms with E-state index in [1.807, 2.05) is 6.07 Å². The molecule has 1 amide bonds. The van der Waals surface area contributed by atoms with Crippen molar-refractivity contribution in [3.63, 3.8) is 0 Å². The van der Waals surface area contributed by atoms with Crippen LogP contribution in [0.1, 0.15) is 18.4 Å². The van der Waals surface area contributed by atoms with Crippen molar-refractivity contribution in [3.05, 3.63) is 29.8 Å². The fourth-order valence-electron chi connectivity index (χ4n) is 1.12. The molecule has 1 aromatic rings. The highest BCUT2D eigenvalue weighted by atomic mass is 35.5. The molecule has 0 heterocycles. The molecule has 0 radical (unpaired) electrons. The lowest BCUT2D eigenvalue weighted by atomic mass is 10.2. The van der Waals surface area contributed by atoms with Crippen molar-refractivity contribution in [1.29, 1.82) is 5.26 Å². The average molecular weight is 223 g/mol. The SMILES string of the molecule is N#Cc1cccc(NC(=O)CCCCl)c1. The van der Waals surface area contributed by atoms with Gasteiger partial charge in [-0.25, -0.2) is 0 Å². The van der Waals surface area contributed by atoms with Crippen LogP contribution in [-0.2, 0) is 4.79 Å². The largest absolute Gasteiger partial charge is 0.326 e. The Labute approximate surface area is 93.7 Å². The molecular formula is C11H11ClN2O. The van der Waals surface area contributed by atoms with Gasteiger partial charge in [0, 0.05) is 18.0 Å². The number of nitrogens with one attached hydrogen (secondary N) is 1. The van der Waals surface area contributed by atoms with Crippen LogP contribution in [-0.4, -0.2) is 11.8 Å². The van der Waals surface area contributed by atoms with Crippen LogP contribution in [0, 0.1) is 11.3 Å². The van der Waals surface area contributed by atoms with Gasteiger partial charge in [0.25, 0.3) is 0 Å². The van der Waals surface area contributed by atoms with Crippen molar-refractivity contribution in [2.24, 2.45) is 0 Å². The third-order valence-corrected chi connectivity index (χ3v) is 2.08. The molecule has 0 bridgehead atoms. The van der Waals surface area contributed by atoms with Gasteiger partial charge in [-0.3, -0.25) is 4.79 Å². The highest BCUT2D eigenvalue weighted by molar-refractivity contribution is 6.18. The molecule has 4 heteroatoms. The van der Waals surface area contributed by atoms with Crippen molar-refractivity contribution in [2.75, 3.05) is 11.2 Å². The van der Waals surface area contributed by atoms with Gasteiger partial charge in [-0.2, -0.15) is 5.26 Å². The van der Waals surface area contributed by atoms with Gasteiger partial charge in [-0.1, -0.05) is 6.07 Å². The molecule has 0 aliphatic carbocycles. The number of benzene rings is 1. The molecular weight excluding hydrogens is 212 g/mol. The summed E-state index contributed by atoms with van der Waals surface area (Å²) in [6, 6.07) is 8.82. The molecule has 0 saturated heterocycles. The van der Waals surface area contributed by atoms with Crippen LogP contribution < -0.4 is 5.32 Å². The first kappa shape index (κ1) is 11.5. The van der Waals surface area contributed by atoms with E-state index in [0.717, 1.165) is 0 Å². The normalized spacial score (nSPS) is 9.33. The molecule has 0 aromatic heterocycles. The van der Waals surface area contributed by atoms with Crippen LogP contribution in [0.2, 0.25) is 0 Å². The summed E-state index contributed by atoms with van der Waals surface area (Å²) in [5, 5.41) is 11.4. The minimum Gasteiger partial charge on any atom is -0.326 e. The maximum Gasteiger partial charge on any atom is 0.224 e. The van der Waals surface area contributed by atoms with Gasteiger partial charge < -0.3 is 5.32 Å². The van der Waals surface area contributed by atoms with Crippen LogP contribution in [0.25, 0.3) is 0 Å². The van der Waals surface area contributed by atoms with Crippen LogP contribution in [0.5, 0.6) is 0 Å². The zero-order valence-electron chi connectivity index (χ0n) is 8.16. The van der Waals surface area contributed by atoms with Crippen LogP contribution >= 0.6 is 11.6 Å². The monoisotopic (exact) mass is 222 g/mol. The molecule has 3 nitrogen and oxygen atoms in total. The van der Waals surface area contributed by atoms with E-state index in [1.165, 1.54) is 0 Å². The highest BCUT2D eigenvalue weighted by Crippen LogP contribution is 2.10. The fourth-order valence-corrected chi connectivity index (χ4v) is 1.25. The number of carbonyl (C=O) groups is 1. The molecule has 0 aliphatic rings. The molecule has 0 aliphatic heterocycles. The quantitative estimate of drug-likeness (QED) is 0.796. The zero-order chi connectivity index (χ0) is 11.1. The molecule has 0 unspecified atom stereocenters. The Balaban J connectivity index is 2.57. The zero-order valence-corrected chi connectivity index (χ0v) is 8.92. The average Bonchev–Trinajstić information content (AvgIpc) is 2.26. The van der Waals surface area contributed by atoms with Crippen molar-refractivity contribution in [2.45, 2.75) is 12.8 Å². The maximum atomic E-state index is 11.3. The number of anilines is 1. The third-order valence-electron chi connectivity index (χ3n) is 1.81. The van der Waals surface area contributed by atoms with E-state index < -0.39 is 0 Å². The maximum absolute atomic E-state index is 11.3. The number of nitrogens with zero attached hydrogens (tertiary/aromatic N) is 1. The van der Waals surface area contributed by atoms with E-state index in [-0.39, 0.29) is 5.91 Å². The first-order valence-corrected chi connectivity index (χ1v) is 5.15. The standard InChI is InChI=1S/C11H11ClN2O/c12-6-2-5-11(15)14-10-4-1-3-9(7-10)8-13/h1,3-4,7H,2,5-6H2,(H,14,15). The molecule has 15 heavy (non-hydrogen) atoms. The molecule has 0 spiro atoms. The van der Waals surface area contributed by atoms with Crippen LogP contribution in [0.15, 0.2) is 24.3 Å². The first-order valence-electron chi connectivity index (χ1n) is 4.62. The van der Waals surface area contributed by atoms with Gasteiger partial charge in [0.05, 0.1) is 11.6 Å². The van der Waals surface area contributed by atoms with Crippen molar-refractivity contribution in [1.82, 2.24) is 0 Å². The number of alkyl halides is 1. The Morgan fingerprint density at radius 2 is 2.33 bits per heavy atom. The van der Waals surface area contributed by atoms with E-state index in [0.29, 0.717) is 30.0 Å². The predicted molar refractivity (Wildman–Crippen MR) is 59.7 cm³/mol. The molecule has 0 fully saturated rings. The Hall–Kier alpha value is -1.53. The van der Waals surface area contributed by atoms with E-state index in [4.69, 9.17) is 16.9 Å². The Morgan fingerprint density at radius 3 is 3.00 bits per heavy atom. The number of amides is 1. The Kier molecular flexibility index (Phi) is 4.65. The lowest BCUT2D eigenvalue weighted by Crippen LogP contribution is -2.11. The van der Waals surface area contributed by atoms with Gasteiger partial charge in [0.2, 0.25) is 5.91 Å². The molecule has 78 valence electrons. The number of halogens is 1. The van der Waals surface area contributed by atoms with E-state index in [2.05, 4.69) is 5.32 Å². The molecule has 1 rings (SSSR count). The molecule has 0 atom stereocenters. The van der Waals surface area contributed by atoms with Gasteiger partial charge in [0.1, 0.15) is 0 Å². The Morgan fingerprint density at radius 1 is 1.53 bits per heavy atom. The minimum atomic E-state index is -0.0780. The number of hydrogen-bond donors (Lipinski definition) is 1. The second-order valence-corrected chi connectivity index (χ2v) is 3.41. The van der Waals surface area contributed by atoms with E-state index >= 15 is 0 Å². The topological polar surface area (TPSA) is 52.9 Å². The number of hydrogen-bond acceptors (Lipinski definition) is 2. The minimum absolute atomic E-state index is 0.0780. The Bertz CT molecular complexity index is 384. The van der Waals surface area contributed by atoms with Gasteiger partial charge >= 0.3 is 0 Å². The summed E-state index contributed by atoms with van der Waals surface area (Å²) in [5.41, 5.74) is 1.18. The van der Waals surface area contributed by atoms with Gasteiger partial charge in [-0.15, -0.1) is 11.6 Å². The number of nitriles is 1. The van der Waals surface area contributed by atoms with Crippen LogP contribution in [0.4, 0.5) is 5.69 Å². The second kappa shape index (κ2) is 6.05. The summed E-state index contributed by atoms with van der Waals surface area (Å²) >= 11 is 5.47. The second-order valence-electron chi connectivity index (χ2n) is 3.03. The summed E-state index contributed by atoms with van der Waals surface area (Å²) in [6.45, 7) is 0. The summed E-state index contributed by atoms with van der Waals surface area (Å²) < 4.78 is 0. The number of rotatable bonds is 4. The summed E-state index contributed by atoms with van der Waals surface area (Å²) in [7, 11) is 0. The van der Waals surface area contributed by atoms with E-state index in [9.17, 15) is 4.79 Å². The summed E-state index contributed by atoms with van der Waals surface area (Å²) in [5.74, 6) is 0.400. The van der Waals surface area contributed by atoms with Crippen molar-refractivity contribution >= 4 is 23.2 Å². The van der Waals surface area contributed by atoms with Gasteiger partial charge in [0.15, 0.2) is 0 Å². The molecule has 0 saturated carbocycles. The van der Waals surface area contributed by atoms with Gasteiger partial charge in [-0.05, 0) is 24.6 Å². The van der Waals surface area contributed by atoms with Crippen molar-refractivity contribution < 1.29 is 4.79 Å². The highest BCUT2D eigenvalue weighted by Gasteiger charge is 2.01. The fraction of sp³-hybridized carbons (Fsp3) is 0.273. The molecule has 1 N–H and O–H groups in total. The summed E-state index contributed by atoms with van der Waals surface area (Å²) in [4.78, 5) is 11.3. The lowest BCUT2D eigenvalue weighted by molar-refractivity contribution is -0.116. The smallest absolute Gasteiger partial charge is 0.224 e. The first-order chi connectivity index (χ1) is 7.26. The summed E-state index contributed by atoms with van der Waals surface area (Å²) in [6.07, 6.45) is 1.06. The third kappa shape index (κ3) is 4.01. The number of carbonyl (C=O) groups excluding carboxylic acids is 1. The molecule has 1 aromatic carbocycles. The van der Waals surface area contributed by atoms with E-state index in [1.54, 1.807) is 24.3 Å². The lowest BCUT2D eigenvalue weighted by Gasteiger charge is -2.04. The van der Waals surface area contributed by atoms with Crippen molar-refractivity contribution in [3.8, 4) is 6.07 Å². The predicted octanol–water partition coefficient (Wildman–Crippen LogP) is 2.52.